The molecule has 0 bridgehead atoms. The van der Waals surface area contributed by atoms with Crippen LogP contribution in [0.4, 0.5) is 5.13 Å². The summed E-state index contributed by atoms with van der Waals surface area (Å²) in [5.41, 5.74) is 1.56. The van der Waals surface area contributed by atoms with E-state index in [2.05, 4.69) is 31.0 Å². The second-order valence-corrected chi connectivity index (χ2v) is 7.98. The summed E-state index contributed by atoms with van der Waals surface area (Å²) in [5.74, 6) is 0.0280. The van der Waals surface area contributed by atoms with Crippen molar-refractivity contribution >= 4 is 48.5 Å². The quantitative estimate of drug-likeness (QED) is 0.601. The van der Waals surface area contributed by atoms with Crippen molar-refractivity contribution in [2.24, 2.45) is 0 Å². The fraction of sp³-hybridized carbons (Fsp3) is 0.353. The van der Waals surface area contributed by atoms with E-state index in [-0.39, 0.29) is 11.7 Å². The molecule has 0 aliphatic carbocycles. The summed E-state index contributed by atoms with van der Waals surface area (Å²) in [5, 5.41) is 4.49. The molecule has 25 heavy (non-hydrogen) atoms. The van der Waals surface area contributed by atoms with E-state index in [0.717, 1.165) is 27.7 Å². The molecule has 3 aromatic rings. The van der Waals surface area contributed by atoms with Crippen LogP contribution >= 0.6 is 27.3 Å². The first kappa shape index (κ1) is 18.0. The predicted molar refractivity (Wildman–Crippen MR) is 103 cm³/mol. The molecule has 2 aromatic heterocycles. The van der Waals surface area contributed by atoms with Gasteiger partial charge < -0.3 is 9.42 Å². The number of thiazole rings is 1. The molecule has 3 rings (SSSR count). The number of aromatic nitrogens is 2. The molecular formula is C17H19BrN4O2S. The molecule has 0 saturated carbocycles. The minimum absolute atomic E-state index is 0.211. The Hall–Kier alpha value is -1.77. The third-order valence-corrected chi connectivity index (χ3v) is 5.18. The fourth-order valence-electron chi connectivity index (χ4n) is 2.43. The average Bonchev–Trinajstić information content (AvgIpc) is 3.16. The van der Waals surface area contributed by atoms with E-state index < -0.39 is 0 Å². The molecule has 0 saturated heterocycles. The summed E-state index contributed by atoms with van der Waals surface area (Å²) in [4.78, 5) is 21.3. The Balaban J connectivity index is 1.92. The van der Waals surface area contributed by atoms with Crippen molar-refractivity contribution in [1.82, 2.24) is 15.0 Å². The zero-order valence-electron chi connectivity index (χ0n) is 14.3. The highest BCUT2D eigenvalue weighted by Crippen LogP contribution is 2.31. The number of nitrogens with zero attached hydrogens (tertiary/aromatic N) is 4. The highest BCUT2D eigenvalue weighted by Gasteiger charge is 2.24. The van der Waals surface area contributed by atoms with Crippen LogP contribution in [-0.4, -0.2) is 48.1 Å². The average molecular weight is 423 g/mol. The van der Waals surface area contributed by atoms with Gasteiger partial charge in [0.25, 0.3) is 5.91 Å². The maximum atomic E-state index is 12.9. The van der Waals surface area contributed by atoms with Crippen LogP contribution in [-0.2, 0) is 0 Å². The van der Waals surface area contributed by atoms with Gasteiger partial charge in [0.05, 0.1) is 15.9 Å². The summed E-state index contributed by atoms with van der Waals surface area (Å²) < 4.78 is 7.19. The van der Waals surface area contributed by atoms with E-state index in [4.69, 9.17) is 4.52 Å². The van der Waals surface area contributed by atoms with Crippen molar-refractivity contribution in [1.29, 1.82) is 0 Å². The lowest BCUT2D eigenvalue weighted by Crippen LogP contribution is -2.33. The lowest BCUT2D eigenvalue weighted by atomic mass is 10.3. The van der Waals surface area contributed by atoms with E-state index in [1.165, 1.54) is 11.3 Å². The van der Waals surface area contributed by atoms with Gasteiger partial charge in [-0.25, -0.2) is 4.98 Å². The van der Waals surface area contributed by atoms with Crippen molar-refractivity contribution in [2.75, 3.05) is 32.1 Å². The summed E-state index contributed by atoms with van der Waals surface area (Å²) in [6, 6.07) is 7.56. The van der Waals surface area contributed by atoms with Crippen LogP contribution in [0.2, 0.25) is 0 Å². The summed E-state index contributed by atoms with van der Waals surface area (Å²) in [7, 11) is 4.03. The molecule has 132 valence electrons. The molecule has 1 aromatic carbocycles. The van der Waals surface area contributed by atoms with Crippen LogP contribution in [0.3, 0.4) is 0 Å². The number of halogens is 1. The number of hydrogen-bond donors (Lipinski definition) is 0. The van der Waals surface area contributed by atoms with Crippen molar-refractivity contribution in [3.05, 3.63) is 40.2 Å². The van der Waals surface area contributed by atoms with Crippen molar-refractivity contribution < 1.29 is 9.32 Å². The van der Waals surface area contributed by atoms with Crippen molar-refractivity contribution in [2.45, 2.75) is 13.3 Å². The largest absolute Gasteiger partial charge is 0.351 e. The second kappa shape index (κ2) is 7.63. The molecule has 0 N–H and O–H groups in total. The number of benzene rings is 1. The first-order valence-corrected chi connectivity index (χ1v) is 9.51. The number of fused-ring (bicyclic) bond motifs is 1. The number of carbonyl (C=O) groups is 1. The molecule has 8 heteroatoms. The number of rotatable bonds is 6. The Morgan fingerprint density at radius 2 is 2.08 bits per heavy atom. The molecule has 6 nitrogen and oxygen atoms in total. The van der Waals surface area contributed by atoms with Gasteiger partial charge in [0.15, 0.2) is 5.13 Å². The number of hydrogen-bond acceptors (Lipinski definition) is 6. The molecule has 0 unspecified atom stereocenters. The second-order valence-electron chi connectivity index (χ2n) is 6.05. The normalized spacial score (nSPS) is 11.4. The van der Waals surface area contributed by atoms with Gasteiger partial charge in [0, 0.05) is 17.1 Å². The predicted octanol–water partition coefficient (Wildman–Crippen LogP) is 3.95. The monoisotopic (exact) mass is 422 g/mol. The molecule has 0 aliphatic rings. The standard InChI is InChI=1S/C17H19BrN4O2S/c1-11-9-14(24-20-11)16(23)22(8-4-7-21(2)3)17-19-13-6-5-12(18)10-15(13)25-17/h5-6,9-10H,4,7-8H2,1-3H3. The Bertz CT molecular complexity index is 890. The van der Waals surface area contributed by atoms with E-state index >= 15 is 0 Å². The zero-order valence-corrected chi connectivity index (χ0v) is 16.7. The van der Waals surface area contributed by atoms with Gasteiger partial charge in [-0.1, -0.05) is 32.4 Å². The minimum Gasteiger partial charge on any atom is -0.351 e. The van der Waals surface area contributed by atoms with Gasteiger partial charge in [0.1, 0.15) is 0 Å². The van der Waals surface area contributed by atoms with Gasteiger partial charge in [-0.3, -0.25) is 9.69 Å². The van der Waals surface area contributed by atoms with Crippen molar-refractivity contribution in [3.8, 4) is 0 Å². The number of amides is 1. The van der Waals surface area contributed by atoms with Crippen LogP contribution in [0.1, 0.15) is 22.7 Å². The van der Waals surface area contributed by atoms with Gasteiger partial charge in [-0.15, -0.1) is 0 Å². The Kier molecular flexibility index (Phi) is 5.51. The number of carbonyl (C=O) groups excluding carboxylic acids is 1. The topological polar surface area (TPSA) is 62.5 Å². The molecule has 0 atom stereocenters. The lowest BCUT2D eigenvalue weighted by Gasteiger charge is -2.19. The maximum Gasteiger partial charge on any atom is 0.298 e. The van der Waals surface area contributed by atoms with E-state index in [1.54, 1.807) is 17.9 Å². The highest BCUT2D eigenvalue weighted by molar-refractivity contribution is 9.10. The molecule has 0 aliphatic heterocycles. The number of anilines is 1. The smallest absolute Gasteiger partial charge is 0.298 e. The minimum atomic E-state index is -0.211. The van der Waals surface area contributed by atoms with Crippen LogP contribution < -0.4 is 4.90 Å². The third-order valence-electron chi connectivity index (χ3n) is 3.64. The van der Waals surface area contributed by atoms with Crippen LogP contribution in [0, 0.1) is 6.92 Å². The molecule has 0 fully saturated rings. The third kappa shape index (κ3) is 4.26. The first-order valence-electron chi connectivity index (χ1n) is 7.90. The summed E-state index contributed by atoms with van der Waals surface area (Å²) in [6.07, 6.45) is 0.839. The molecular weight excluding hydrogens is 404 g/mol. The lowest BCUT2D eigenvalue weighted by molar-refractivity contribution is 0.0950. The maximum absolute atomic E-state index is 12.9. The Labute approximate surface area is 158 Å². The Morgan fingerprint density at radius 1 is 1.28 bits per heavy atom. The SMILES string of the molecule is Cc1cc(C(=O)N(CCCN(C)C)c2nc3ccc(Br)cc3s2)on1. The van der Waals surface area contributed by atoms with Gasteiger partial charge >= 0.3 is 0 Å². The van der Waals surface area contributed by atoms with Crippen LogP contribution in [0.15, 0.2) is 33.3 Å². The fourth-order valence-corrected chi connectivity index (χ4v) is 3.97. The molecule has 2 heterocycles. The zero-order chi connectivity index (χ0) is 18.0. The van der Waals surface area contributed by atoms with Gasteiger partial charge in [-0.05, 0) is 52.2 Å². The van der Waals surface area contributed by atoms with Gasteiger partial charge in [-0.2, -0.15) is 0 Å². The van der Waals surface area contributed by atoms with E-state index in [9.17, 15) is 4.79 Å². The number of aryl methyl sites for hydroxylation is 1. The van der Waals surface area contributed by atoms with Crippen molar-refractivity contribution in [3.63, 3.8) is 0 Å². The highest BCUT2D eigenvalue weighted by atomic mass is 79.9. The summed E-state index contributed by atoms with van der Waals surface area (Å²) in [6.45, 7) is 3.25. The molecule has 0 radical (unpaired) electrons. The van der Waals surface area contributed by atoms with Crippen LogP contribution in [0.5, 0.6) is 0 Å². The first-order chi connectivity index (χ1) is 11.9. The summed E-state index contributed by atoms with van der Waals surface area (Å²) >= 11 is 4.97. The van der Waals surface area contributed by atoms with Gasteiger partial charge in [0.2, 0.25) is 5.76 Å². The molecule has 0 spiro atoms. The Morgan fingerprint density at radius 3 is 2.76 bits per heavy atom. The van der Waals surface area contributed by atoms with E-state index in [0.29, 0.717) is 17.4 Å². The molecule has 1 amide bonds. The van der Waals surface area contributed by atoms with E-state index in [1.807, 2.05) is 32.3 Å². The van der Waals surface area contributed by atoms with Crippen LogP contribution in [0.25, 0.3) is 10.2 Å².